The van der Waals surface area contributed by atoms with E-state index in [0.29, 0.717) is 0 Å². The van der Waals surface area contributed by atoms with Gasteiger partial charge in [-0.3, -0.25) is 9.69 Å². The van der Waals surface area contributed by atoms with Crippen molar-refractivity contribution in [3.63, 3.8) is 0 Å². The predicted molar refractivity (Wildman–Crippen MR) is 52.9 cm³/mol. The van der Waals surface area contributed by atoms with Crippen molar-refractivity contribution in [2.75, 3.05) is 26.9 Å². The summed E-state index contributed by atoms with van der Waals surface area (Å²) in [5.41, 5.74) is 0. The Hall–Kier alpha value is -0.730. The van der Waals surface area contributed by atoms with Crippen molar-refractivity contribution in [3.8, 4) is 0 Å². The van der Waals surface area contributed by atoms with Gasteiger partial charge in [0.2, 0.25) is 0 Å². The van der Waals surface area contributed by atoms with Crippen LogP contribution in [0, 0.1) is 0 Å². The van der Waals surface area contributed by atoms with Crippen LogP contribution in [0.15, 0.2) is 0 Å². The van der Waals surface area contributed by atoms with E-state index < -0.39 is 36.9 Å². The molecule has 0 aromatic carbocycles. The van der Waals surface area contributed by atoms with Crippen molar-refractivity contribution in [1.82, 2.24) is 4.90 Å². The van der Waals surface area contributed by atoms with Gasteiger partial charge in [0.25, 0.3) is 0 Å². The van der Waals surface area contributed by atoms with E-state index in [1.807, 2.05) is 0 Å². The highest BCUT2D eigenvalue weighted by atomic mass is 16.5. The number of ether oxygens (including phenoxy) is 1. The number of hydrogen-bond donors (Lipinski definition) is 4. The lowest BCUT2D eigenvalue weighted by atomic mass is 10.1. The minimum atomic E-state index is -1.16. The number of carbonyl (C=O) groups is 1. The maximum atomic E-state index is 10.7. The molecule has 7 nitrogen and oxygen atoms in total. The van der Waals surface area contributed by atoms with E-state index >= 15 is 0 Å². The van der Waals surface area contributed by atoms with Crippen LogP contribution in [-0.2, 0) is 9.53 Å². The van der Waals surface area contributed by atoms with Crippen LogP contribution in [0.25, 0.3) is 0 Å². The molecule has 94 valence electrons. The first-order valence-electron chi connectivity index (χ1n) is 4.96. The fraction of sp³-hybridized carbons (Fsp3) is 0.889. The Bertz CT molecular complexity index is 248. The Morgan fingerprint density at radius 2 is 1.88 bits per heavy atom. The first-order valence-corrected chi connectivity index (χ1v) is 4.96. The number of nitrogens with zero attached hydrogens (tertiary/aromatic N) is 1. The molecule has 0 radical (unpaired) electrons. The molecular formula is C9H17NO6. The van der Waals surface area contributed by atoms with Crippen LogP contribution in [0.5, 0.6) is 0 Å². The average Bonchev–Trinajstić information content (AvgIpc) is 2.43. The number of methoxy groups -OCH3 is 1. The van der Waals surface area contributed by atoms with Crippen molar-refractivity contribution in [2.24, 2.45) is 0 Å². The van der Waals surface area contributed by atoms with E-state index in [-0.39, 0.29) is 13.2 Å². The molecule has 1 aliphatic rings. The van der Waals surface area contributed by atoms with Gasteiger partial charge in [-0.2, -0.15) is 0 Å². The molecule has 0 aromatic heterocycles. The number of likely N-dealkylation sites (tertiary alicyclic amines) is 1. The molecule has 0 bridgehead atoms. The molecule has 4 N–H and O–H groups in total. The molecule has 1 rings (SSSR count). The van der Waals surface area contributed by atoms with Gasteiger partial charge in [0.1, 0.15) is 0 Å². The Morgan fingerprint density at radius 1 is 1.31 bits per heavy atom. The summed E-state index contributed by atoms with van der Waals surface area (Å²) in [6.07, 6.45) is -2.28. The second-order valence-electron chi connectivity index (χ2n) is 3.82. The van der Waals surface area contributed by atoms with Crippen LogP contribution in [-0.4, -0.2) is 82.5 Å². The topological polar surface area (TPSA) is 110 Å². The summed E-state index contributed by atoms with van der Waals surface area (Å²) < 4.78 is 4.86. The third kappa shape index (κ3) is 2.50. The molecule has 0 aromatic rings. The maximum absolute atomic E-state index is 10.7. The SMILES string of the molecule is COCC1[C@H](O)C(O)C(CO)N1CC(=O)O. The van der Waals surface area contributed by atoms with Crippen molar-refractivity contribution in [3.05, 3.63) is 0 Å². The summed E-state index contributed by atoms with van der Waals surface area (Å²) in [6, 6.07) is -1.39. The molecule has 1 aliphatic heterocycles. The van der Waals surface area contributed by atoms with Crippen LogP contribution < -0.4 is 0 Å². The van der Waals surface area contributed by atoms with Gasteiger partial charge in [0.05, 0.1) is 44.1 Å². The van der Waals surface area contributed by atoms with Crippen molar-refractivity contribution < 1.29 is 30.0 Å². The molecule has 4 atom stereocenters. The minimum Gasteiger partial charge on any atom is -0.480 e. The fourth-order valence-corrected chi connectivity index (χ4v) is 2.06. The second kappa shape index (κ2) is 5.55. The third-order valence-electron chi connectivity index (χ3n) is 2.83. The Kier molecular flexibility index (Phi) is 4.63. The van der Waals surface area contributed by atoms with E-state index in [9.17, 15) is 15.0 Å². The first-order chi connectivity index (χ1) is 7.52. The van der Waals surface area contributed by atoms with Gasteiger partial charge in [-0.15, -0.1) is 0 Å². The average molecular weight is 235 g/mol. The number of aliphatic hydroxyl groups excluding tert-OH is 3. The maximum Gasteiger partial charge on any atom is 0.317 e. The summed E-state index contributed by atoms with van der Waals surface area (Å²) in [6.45, 7) is -0.666. The number of carboxylic acids is 1. The van der Waals surface area contributed by atoms with Crippen molar-refractivity contribution in [1.29, 1.82) is 0 Å². The third-order valence-corrected chi connectivity index (χ3v) is 2.83. The highest BCUT2D eigenvalue weighted by Gasteiger charge is 2.47. The molecular weight excluding hydrogens is 218 g/mol. The van der Waals surface area contributed by atoms with Gasteiger partial charge in [-0.1, -0.05) is 0 Å². The molecule has 0 spiro atoms. The molecule has 0 aliphatic carbocycles. The van der Waals surface area contributed by atoms with Crippen LogP contribution >= 0.6 is 0 Å². The van der Waals surface area contributed by atoms with Gasteiger partial charge in [0.15, 0.2) is 0 Å². The summed E-state index contributed by atoms with van der Waals surface area (Å²) in [4.78, 5) is 12.0. The van der Waals surface area contributed by atoms with Crippen LogP contribution in [0.1, 0.15) is 0 Å². The lowest BCUT2D eigenvalue weighted by molar-refractivity contribution is -0.139. The normalized spacial score (nSPS) is 35.5. The van der Waals surface area contributed by atoms with Gasteiger partial charge in [-0.05, 0) is 0 Å². The molecule has 16 heavy (non-hydrogen) atoms. The first kappa shape index (κ1) is 13.3. The number of hydrogen-bond acceptors (Lipinski definition) is 6. The lowest BCUT2D eigenvalue weighted by Crippen LogP contribution is -2.46. The quantitative estimate of drug-likeness (QED) is 0.416. The predicted octanol–water partition coefficient (Wildman–Crippen LogP) is -2.52. The zero-order chi connectivity index (χ0) is 12.3. The second-order valence-corrected chi connectivity index (χ2v) is 3.82. The number of carboxylic acid groups (broad SMARTS) is 1. The van der Waals surface area contributed by atoms with Gasteiger partial charge >= 0.3 is 5.97 Å². The monoisotopic (exact) mass is 235 g/mol. The molecule has 7 heteroatoms. The molecule has 1 heterocycles. The number of aliphatic hydroxyl groups is 3. The summed E-state index contributed by atoms with van der Waals surface area (Å²) in [7, 11) is 1.42. The Labute approximate surface area is 92.9 Å². The summed E-state index contributed by atoms with van der Waals surface area (Å²) >= 11 is 0. The summed E-state index contributed by atoms with van der Waals surface area (Å²) in [5, 5.41) is 37.1. The standard InChI is InChI=1S/C9H17NO6/c1-16-4-6-9(15)8(14)5(3-11)10(6)2-7(12)13/h5-6,8-9,11,14-15H,2-4H2,1H3,(H,12,13)/t5?,6?,8?,9-/m0/s1. The largest absolute Gasteiger partial charge is 0.480 e. The van der Waals surface area contributed by atoms with Gasteiger partial charge < -0.3 is 25.2 Å². The fourth-order valence-electron chi connectivity index (χ4n) is 2.06. The van der Waals surface area contributed by atoms with E-state index in [1.165, 1.54) is 12.0 Å². The summed E-state index contributed by atoms with van der Waals surface area (Å²) in [5.74, 6) is -1.08. The van der Waals surface area contributed by atoms with E-state index in [0.717, 1.165) is 0 Å². The number of rotatable bonds is 5. The zero-order valence-corrected chi connectivity index (χ0v) is 8.98. The van der Waals surface area contributed by atoms with E-state index in [2.05, 4.69) is 0 Å². The minimum absolute atomic E-state index is 0.0992. The highest BCUT2D eigenvalue weighted by molar-refractivity contribution is 5.69. The Morgan fingerprint density at radius 3 is 2.31 bits per heavy atom. The Balaban J connectivity index is 2.82. The van der Waals surface area contributed by atoms with Gasteiger partial charge in [-0.25, -0.2) is 0 Å². The van der Waals surface area contributed by atoms with Crippen molar-refractivity contribution in [2.45, 2.75) is 24.3 Å². The number of aliphatic carboxylic acids is 1. The molecule has 0 saturated carbocycles. The molecule has 0 amide bonds. The lowest BCUT2D eigenvalue weighted by Gasteiger charge is -2.27. The van der Waals surface area contributed by atoms with Crippen LogP contribution in [0.3, 0.4) is 0 Å². The van der Waals surface area contributed by atoms with E-state index in [1.54, 1.807) is 0 Å². The van der Waals surface area contributed by atoms with E-state index in [4.69, 9.17) is 14.9 Å². The zero-order valence-electron chi connectivity index (χ0n) is 8.98. The molecule has 3 unspecified atom stereocenters. The van der Waals surface area contributed by atoms with Crippen molar-refractivity contribution >= 4 is 5.97 Å². The van der Waals surface area contributed by atoms with Crippen LogP contribution in [0.4, 0.5) is 0 Å². The highest BCUT2D eigenvalue weighted by Crippen LogP contribution is 2.25. The molecule has 1 fully saturated rings. The van der Waals surface area contributed by atoms with Gasteiger partial charge in [0, 0.05) is 7.11 Å². The molecule has 1 saturated heterocycles. The van der Waals surface area contributed by atoms with Crippen LogP contribution in [0.2, 0.25) is 0 Å². The smallest absolute Gasteiger partial charge is 0.317 e.